The minimum atomic E-state index is -1.52. The van der Waals surface area contributed by atoms with Crippen molar-refractivity contribution in [2.45, 2.75) is 50.2 Å². The molecular weight excluding hydrogens is 379 g/mol. The van der Waals surface area contributed by atoms with Gasteiger partial charge < -0.3 is 0 Å². The second-order valence-electron chi connectivity index (χ2n) is 10.8. The minimum absolute atomic E-state index is 0.541. The van der Waals surface area contributed by atoms with Crippen LogP contribution in [-0.2, 0) is 0 Å². The Morgan fingerprint density at radius 1 is 0.517 bits per heavy atom. The summed E-state index contributed by atoms with van der Waals surface area (Å²) in [6.07, 6.45) is 0. The Bertz CT molecular complexity index is 935. The van der Waals surface area contributed by atoms with Crippen molar-refractivity contribution in [3.8, 4) is 11.1 Å². The molecule has 0 aliphatic carbocycles. The molecule has 0 aromatic heterocycles. The van der Waals surface area contributed by atoms with Crippen LogP contribution in [0.25, 0.3) is 11.1 Å². The van der Waals surface area contributed by atoms with Crippen molar-refractivity contribution in [2.75, 3.05) is 0 Å². The summed E-state index contributed by atoms with van der Waals surface area (Å²) in [5, 5.41) is 0. The number of hydrogen-bond acceptors (Lipinski definition) is 0. The zero-order chi connectivity index (χ0) is 20.8. The van der Waals surface area contributed by atoms with E-state index in [4.69, 9.17) is 0 Å². The maximum Gasteiger partial charge on any atom is 0.185 e. The fraction of sp³-hybridized carbons (Fsp3) is 0.308. The molecule has 1 heterocycles. The molecule has 0 fully saturated rings. The van der Waals surface area contributed by atoms with Gasteiger partial charge in [0.25, 0.3) is 0 Å². The molecule has 0 nitrogen and oxygen atoms in total. The Labute approximate surface area is 179 Å². The molecule has 1 aliphatic heterocycles. The third-order valence-electron chi connectivity index (χ3n) is 6.65. The Kier molecular flexibility index (Phi) is 5.25. The maximum absolute atomic E-state index is 2.57. The topological polar surface area (TPSA) is 0 Å². The van der Waals surface area contributed by atoms with Crippen LogP contribution in [0.2, 0.25) is 39.3 Å². The molecule has 3 aromatic rings. The first-order valence-electron chi connectivity index (χ1n) is 10.9. The quantitative estimate of drug-likeness (QED) is 0.417. The van der Waals surface area contributed by atoms with E-state index in [2.05, 4.69) is 118 Å². The zero-order valence-electron chi connectivity index (χ0n) is 18.7. The van der Waals surface area contributed by atoms with E-state index in [1.165, 1.54) is 16.6 Å². The van der Waals surface area contributed by atoms with Crippen molar-refractivity contribution in [3.63, 3.8) is 0 Å². The average molecular weight is 413 g/mol. The van der Waals surface area contributed by atoms with E-state index >= 15 is 0 Å². The summed E-state index contributed by atoms with van der Waals surface area (Å²) in [6.45, 7) is 16.0. The largest absolute Gasteiger partial charge is 0.185 e. The van der Waals surface area contributed by atoms with E-state index in [0.717, 1.165) is 0 Å². The summed E-state index contributed by atoms with van der Waals surface area (Å²) >= 11 is 0. The zero-order valence-corrected chi connectivity index (χ0v) is 20.7. The van der Waals surface area contributed by atoms with Gasteiger partial charge in [-0.3, -0.25) is 0 Å². The first-order chi connectivity index (χ1) is 13.7. The van der Waals surface area contributed by atoms with Crippen LogP contribution in [0.3, 0.4) is 0 Å². The van der Waals surface area contributed by atoms with Crippen molar-refractivity contribution in [3.05, 3.63) is 90.0 Å². The summed E-state index contributed by atoms with van der Waals surface area (Å²) in [4.78, 5) is 0. The second-order valence-corrected chi connectivity index (χ2v) is 21.5. The van der Waals surface area contributed by atoms with Crippen LogP contribution in [0.15, 0.2) is 78.9 Å². The lowest BCUT2D eigenvalue weighted by molar-refractivity contribution is 1.16. The number of hydrogen-bond donors (Lipinski definition) is 0. The normalized spacial score (nSPS) is 19.3. The van der Waals surface area contributed by atoms with Crippen molar-refractivity contribution in [1.82, 2.24) is 0 Å². The third-order valence-corrected chi connectivity index (χ3v) is 11.7. The number of fused-ring (bicyclic) bond motifs is 3. The van der Waals surface area contributed by atoms with Gasteiger partial charge in [0.15, 0.2) is 6.71 Å². The van der Waals surface area contributed by atoms with Gasteiger partial charge in [-0.2, -0.15) is 0 Å². The molecule has 0 saturated carbocycles. The van der Waals surface area contributed by atoms with Crippen LogP contribution in [0.1, 0.15) is 22.0 Å². The molecule has 0 radical (unpaired) electrons. The van der Waals surface area contributed by atoms with Crippen LogP contribution >= 0.6 is 0 Å². The smallest absolute Gasteiger partial charge is 0.0794 e. The molecule has 0 amide bonds. The third kappa shape index (κ3) is 3.71. The molecule has 0 unspecified atom stereocenters. The predicted octanol–water partition coefficient (Wildman–Crippen LogP) is 6.77. The van der Waals surface area contributed by atoms with E-state index in [0.29, 0.717) is 17.6 Å². The molecule has 3 aromatic carbocycles. The lowest BCUT2D eigenvalue weighted by Gasteiger charge is -2.42. The van der Waals surface area contributed by atoms with Crippen LogP contribution in [0, 0.1) is 0 Å². The maximum atomic E-state index is 2.57. The van der Waals surface area contributed by atoms with Crippen molar-refractivity contribution >= 4 is 28.3 Å². The summed E-state index contributed by atoms with van der Waals surface area (Å²) in [6, 6.07) is 30.0. The molecule has 0 saturated heterocycles. The van der Waals surface area contributed by atoms with Gasteiger partial charge in [0, 0.05) is 16.1 Å². The predicted molar refractivity (Wildman–Crippen MR) is 136 cm³/mol. The SMILES string of the molecule is C[Si](C)(C)[C@@H]1B(c2ccccc2)[C@H]([Si](C)(C)C)c2ccccc2-c2ccccc21. The van der Waals surface area contributed by atoms with Crippen LogP contribution in [-0.4, -0.2) is 22.9 Å². The van der Waals surface area contributed by atoms with Gasteiger partial charge in [0.05, 0.1) is 0 Å². The van der Waals surface area contributed by atoms with E-state index in [9.17, 15) is 0 Å². The Morgan fingerprint density at radius 2 is 0.897 bits per heavy atom. The summed E-state index contributed by atoms with van der Waals surface area (Å²) in [5.74, 6) is 0. The minimum Gasteiger partial charge on any atom is -0.0794 e. The molecule has 4 rings (SSSR count). The highest BCUT2D eigenvalue weighted by Gasteiger charge is 2.50. The van der Waals surface area contributed by atoms with Crippen molar-refractivity contribution in [2.24, 2.45) is 0 Å². The number of benzene rings is 3. The van der Waals surface area contributed by atoms with Crippen LogP contribution in [0.5, 0.6) is 0 Å². The number of rotatable bonds is 3. The highest BCUT2D eigenvalue weighted by atomic mass is 28.3. The first kappa shape index (κ1) is 20.4. The summed E-state index contributed by atoms with van der Waals surface area (Å²) in [5.41, 5.74) is 8.83. The van der Waals surface area contributed by atoms with E-state index in [1.54, 1.807) is 11.1 Å². The standard InChI is InChI=1S/C26H33BSi2/c1-28(2,3)25-23-18-12-10-16-21(23)22-17-11-13-19-24(22)26(29(4,5)6)27(25)20-14-8-7-9-15-20/h7-19,25-26H,1-6H3/t25-,26+. The van der Waals surface area contributed by atoms with Crippen LogP contribution < -0.4 is 5.46 Å². The van der Waals surface area contributed by atoms with Gasteiger partial charge in [-0.05, 0) is 33.1 Å². The fourth-order valence-electron chi connectivity index (χ4n) is 5.68. The van der Waals surface area contributed by atoms with Gasteiger partial charge in [0.1, 0.15) is 0 Å². The first-order valence-corrected chi connectivity index (χ1v) is 18.1. The Balaban J connectivity index is 2.13. The van der Waals surface area contributed by atoms with Crippen molar-refractivity contribution < 1.29 is 0 Å². The molecule has 0 N–H and O–H groups in total. The van der Waals surface area contributed by atoms with Crippen LogP contribution in [0.4, 0.5) is 0 Å². The fourth-order valence-corrected chi connectivity index (χ4v) is 11.2. The van der Waals surface area contributed by atoms with Gasteiger partial charge in [0.2, 0.25) is 0 Å². The molecule has 1 aliphatic rings. The lowest BCUT2D eigenvalue weighted by atomic mass is 9.38. The Morgan fingerprint density at radius 3 is 1.31 bits per heavy atom. The van der Waals surface area contributed by atoms with Gasteiger partial charge >= 0.3 is 0 Å². The van der Waals surface area contributed by atoms with E-state index in [-0.39, 0.29) is 0 Å². The van der Waals surface area contributed by atoms with E-state index in [1.807, 2.05) is 0 Å². The summed E-state index contributed by atoms with van der Waals surface area (Å²) < 4.78 is 0. The highest BCUT2D eigenvalue weighted by molar-refractivity contribution is 7.02. The highest BCUT2D eigenvalue weighted by Crippen LogP contribution is 2.48. The van der Waals surface area contributed by atoms with Gasteiger partial charge in [-0.1, -0.05) is 124 Å². The Hall–Kier alpha value is -1.84. The molecule has 148 valence electrons. The lowest BCUT2D eigenvalue weighted by Crippen LogP contribution is -2.56. The average Bonchev–Trinajstić information content (AvgIpc) is 2.80. The molecule has 29 heavy (non-hydrogen) atoms. The molecule has 0 bridgehead atoms. The summed E-state index contributed by atoms with van der Waals surface area (Å²) in [7, 11) is -3.05. The van der Waals surface area contributed by atoms with Gasteiger partial charge in [-0.15, -0.1) is 0 Å². The molecule has 2 atom stereocenters. The molecule has 0 spiro atoms. The van der Waals surface area contributed by atoms with Crippen molar-refractivity contribution in [1.29, 1.82) is 0 Å². The molecule has 3 heteroatoms. The molecular formula is C26H33BSi2. The second kappa shape index (κ2) is 7.45. The monoisotopic (exact) mass is 412 g/mol. The van der Waals surface area contributed by atoms with Gasteiger partial charge in [-0.25, -0.2) is 0 Å². The van der Waals surface area contributed by atoms with E-state index < -0.39 is 16.1 Å².